The lowest BCUT2D eigenvalue weighted by atomic mass is 9.69. The number of rotatable bonds is 3. The molecule has 0 bridgehead atoms. The molecule has 0 unspecified atom stereocenters. The zero-order valence-electron chi connectivity index (χ0n) is 9.42. The lowest BCUT2D eigenvalue weighted by Crippen LogP contribution is -2.25. The molecule has 1 heteroatoms. The van der Waals surface area contributed by atoms with E-state index in [9.17, 15) is 5.26 Å². The molecule has 0 N–H and O–H groups in total. The van der Waals surface area contributed by atoms with Gasteiger partial charge in [0.2, 0.25) is 0 Å². The molecular weight excluding hydrogens is 170 g/mol. The van der Waals surface area contributed by atoms with E-state index in [1.807, 2.05) is 6.92 Å². The summed E-state index contributed by atoms with van der Waals surface area (Å²) < 4.78 is 0. The van der Waals surface area contributed by atoms with E-state index in [0.717, 1.165) is 25.2 Å². The highest BCUT2D eigenvalue weighted by atomic mass is 14.4. The molecule has 0 amide bonds. The lowest BCUT2D eigenvalue weighted by molar-refractivity contribution is 0.208. The second kappa shape index (κ2) is 5.20. The summed E-state index contributed by atoms with van der Waals surface area (Å²) in [6.07, 6.45) is 11.2. The van der Waals surface area contributed by atoms with Gasteiger partial charge in [-0.3, -0.25) is 0 Å². The summed E-state index contributed by atoms with van der Waals surface area (Å²) in [5.41, 5.74) is -0.0296. The first-order valence-electron chi connectivity index (χ1n) is 5.79. The van der Waals surface area contributed by atoms with Gasteiger partial charge in [0.25, 0.3) is 0 Å². The Kier molecular flexibility index (Phi) is 4.20. The van der Waals surface area contributed by atoms with Crippen LogP contribution in [0.4, 0.5) is 0 Å². The fourth-order valence-corrected chi connectivity index (χ4v) is 2.34. The average molecular weight is 191 g/mol. The normalized spacial score (nSPS) is 33.1. The summed E-state index contributed by atoms with van der Waals surface area (Å²) in [4.78, 5) is 0. The van der Waals surface area contributed by atoms with Crippen LogP contribution >= 0.6 is 0 Å². The topological polar surface area (TPSA) is 23.8 Å². The molecule has 78 valence electrons. The molecular formula is C13H21N. The highest BCUT2D eigenvalue weighted by Crippen LogP contribution is 2.42. The molecule has 1 saturated carbocycles. The fourth-order valence-electron chi connectivity index (χ4n) is 2.34. The van der Waals surface area contributed by atoms with Gasteiger partial charge in [0.05, 0.1) is 11.5 Å². The first kappa shape index (κ1) is 11.3. The minimum Gasteiger partial charge on any atom is -0.198 e. The largest absolute Gasteiger partial charge is 0.198 e. The first-order valence-corrected chi connectivity index (χ1v) is 5.79. The molecule has 14 heavy (non-hydrogen) atoms. The van der Waals surface area contributed by atoms with Crippen molar-refractivity contribution in [3.05, 3.63) is 12.2 Å². The number of hydrogen-bond donors (Lipinski definition) is 0. The summed E-state index contributed by atoms with van der Waals surface area (Å²) in [6, 6.07) is 2.55. The maximum Gasteiger partial charge on any atom is 0.0693 e. The smallest absolute Gasteiger partial charge is 0.0693 e. The standard InChI is InChI=1S/C13H21N/c1-3-5-8-13(11-14)9-6-12(4-2)7-10-13/h3,5,12H,4,6-10H2,1-2H3/b5-3+. The second-order valence-electron chi connectivity index (χ2n) is 4.52. The van der Waals surface area contributed by atoms with E-state index in [2.05, 4.69) is 25.1 Å². The third-order valence-corrected chi connectivity index (χ3v) is 3.62. The Labute approximate surface area is 87.8 Å². The Bertz CT molecular complexity index is 226. The molecule has 1 aliphatic carbocycles. The van der Waals surface area contributed by atoms with Gasteiger partial charge >= 0.3 is 0 Å². The monoisotopic (exact) mass is 191 g/mol. The van der Waals surface area contributed by atoms with Gasteiger partial charge < -0.3 is 0 Å². The Morgan fingerprint density at radius 3 is 2.50 bits per heavy atom. The summed E-state index contributed by atoms with van der Waals surface area (Å²) in [7, 11) is 0. The van der Waals surface area contributed by atoms with Gasteiger partial charge in [-0.25, -0.2) is 0 Å². The average Bonchev–Trinajstić information content (AvgIpc) is 2.27. The summed E-state index contributed by atoms with van der Waals surface area (Å²) in [6.45, 7) is 4.29. The first-order chi connectivity index (χ1) is 6.76. The Morgan fingerprint density at radius 1 is 1.43 bits per heavy atom. The van der Waals surface area contributed by atoms with E-state index in [1.54, 1.807) is 0 Å². The van der Waals surface area contributed by atoms with Crippen LogP contribution in [0.15, 0.2) is 12.2 Å². The third-order valence-electron chi connectivity index (χ3n) is 3.62. The van der Waals surface area contributed by atoms with Crippen LogP contribution < -0.4 is 0 Å². The van der Waals surface area contributed by atoms with Crippen LogP contribution in [0.3, 0.4) is 0 Å². The predicted octanol–water partition coefficient (Wildman–Crippen LogP) is 4.06. The van der Waals surface area contributed by atoms with Crippen molar-refractivity contribution in [2.24, 2.45) is 11.3 Å². The van der Waals surface area contributed by atoms with Crippen LogP contribution in [-0.2, 0) is 0 Å². The molecule has 0 heterocycles. The molecule has 1 fully saturated rings. The highest BCUT2D eigenvalue weighted by Gasteiger charge is 2.33. The third kappa shape index (κ3) is 2.61. The zero-order valence-corrected chi connectivity index (χ0v) is 9.42. The van der Waals surface area contributed by atoms with E-state index in [4.69, 9.17) is 0 Å². The van der Waals surface area contributed by atoms with Crippen LogP contribution in [0.2, 0.25) is 0 Å². The minimum absolute atomic E-state index is 0.0296. The summed E-state index contributed by atoms with van der Waals surface area (Å²) in [5, 5.41) is 9.24. The second-order valence-corrected chi connectivity index (χ2v) is 4.52. The quantitative estimate of drug-likeness (QED) is 0.617. The van der Waals surface area contributed by atoms with Crippen molar-refractivity contribution in [2.45, 2.75) is 52.4 Å². The zero-order chi connectivity index (χ0) is 10.4. The number of nitrogens with zero attached hydrogens (tertiary/aromatic N) is 1. The van der Waals surface area contributed by atoms with Gasteiger partial charge in [-0.05, 0) is 44.9 Å². The van der Waals surface area contributed by atoms with Crippen molar-refractivity contribution >= 4 is 0 Å². The van der Waals surface area contributed by atoms with Crippen LogP contribution in [0.25, 0.3) is 0 Å². The van der Waals surface area contributed by atoms with E-state index in [0.29, 0.717) is 0 Å². The number of nitriles is 1. The van der Waals surface area contributed by atoms with Crippen molar-refractivity contribution in [1.29, 1.82) is 5.26 Å². The Balaban J connectivity index is 2.53. The van der Waals surface area contributed by atoms with Gasteiger partial charge in [-0.15, -0.1) is 0 Å². The molecule has 1 aliphatic rings. The highest BCUT2D eigenvalue weighted by molar-refractivity contribution is 5.05. The van der Waals surface area contributed by atoms with Crippen molar-refractivity contribution in [3.8, 4) is 6.07 Å². The van der Waals surface area contributed by atoms with Crippen LogP contribution in [0.1, 0.15) is 52.4 Å². The number of allylic oxidation sites excluding steroid dienone is 2. The van der Waals surface area contributed by atoms with Crippen LogP contribution in [0.5, 0.6) is 0 Å². The number of hydrogen-bond acceptors (Lipinski definition) is 1. The SMILES string of the molecule is C/C=C/CC1(C#N)CCC(CC)CC1. The van der Waals surface area contributed by atoms with Crippen molar-refractivity contribution in [1.82, 2.24) is 0 Å². The van der Waals surface area contributed by atoms with Gasteiger partial charge in [-0.2, -0.15) is 5.26 Å². The molecule has 0 atom stereocenters. The van der Waals surface area contributed by atoms with Gasteiger partial charge in [0.1, 0.15) is 0 Å². The van der Waals surface area contributed by atoms with Gasteiger partial charge in [0.15, 0.2) is 0 Å². The van der Waals surface area contributed by atoms with Crippen molar-refractivity contribution < 1.29 is 0 Å². The Morgan fingerprint density at radius 2 is 2.07 bits per heavy atom. The van der Waals surface area contributed by atoms with Gasteiger partial charge in [-0.1, -0.05) is 25.5 Å². The van der Waals surface area contributed by atoms with Crippen molar-refractivity contribution in [2.75, 3.05) is 0 Å². The Hall–Kier alpha value is -0.770. The molecule has 0 aromatic carbocycles. The molecule has 0 saturated heterocycles. The molecule has 1 nitrogen and oxygen atoms in total. The van der Waals surface area contributed by atoms with Gasteiger partial charge in [0, 0.05) is 0 Å². The fraction of sp³-hybridized carbons (Fsp3) is 0.769. The summed E-state index contributed by atoms with van der Waals surface area (Å²) >= 11 is 0. The van der Waals surface area contributed by atoms with Crippen LogP contribution in [0, 0.1) is 22.7 Å². The molecule has 1 rings (SSSR count). The predicted molar refractivity (Wildman–Crippen MR) is 59.7 cm³/mol. The molecule has 0 aromatic rings. The minimum atomic E-state index is -0.0296. The molecule has 0 aromatic heterocycles. The molecule has 0 spiro atoms. The lowest BCUT2D eigenvalue weighted by Gasteiger charge is -2.33. The van der Waals surface area contributed by atoms with E-state index < -0.39 is 0 Å². The van der Waals surface area contributed by atoms with E-state index in [-0.39, 0.29) is 5.41 Å². The molecule has 0 aliphatic heterocycles. The van der Waals surface area contributed by atoms with E-state index >= 15 is 0 Å². The van der Waals surface area contributed by atoms with Crippen LogP contribution in [-0.4, -0.2) is 0 Å². The van der Waals surface area contributed by atoms with Crippen molar-refractivity contribution in [3.63, 3.8) is 0 Å². The maximum absolute atomic E-state index is 9.24. The van der Waals surface area contributed by atoms with E-state index in [1.165, 1.54) is 19.3 Å². The molecule has 0 radical (unpaired) electrons. The maximum atomic E-state index is 9.24. The summed E-state index contributed by atoms with van der Waals surface area (Å²) in [5.74, 6) is 0.877.